The van der Waals surface area contributed by atoms with Crippen molar-refractivity contribution in [3.05, 3.63) is 35.9 Å². The van der Waals surface area contributed by atoms with Crippen LogP contribution in [0.3, 0.4) is 0 Å². The largest absolute Gasteiger partial charge is 0.445 e. The number of carbonyl (C=O) groups is 1. The van der Waals surface area contributed by atoms with Crippen LogP contribution in [0.5, 0.6) is 0 Å². The van der Waals surface area contributed by atoms with E-state index in [2.05, 4.69) is 10.6 Å². The number of hydrogen-bond donors (Lipinski definition) is 2. The van der Waals surface area contributed by atoms with Crippen LogP contribution < -0.4 is 10.6 Å². The van der Waals surface area contributed by atoms with Gasteiger partial charge in [0.05, 0.1) is 0 Å². The number of fused-ring (bicyclic) bond motifs is 1. The number of ether oxygens (including phenoxy) is 1. The summed E-state index contributed by atoms with van der Waals surface area (Å²) >= 11 is 0. The Morgan fingerprint density at radius 1 is 1.28 bits per heavy atom. The summed E-state index contributed by atoms with van der Waals surface area (Å²) in [6, 6.07) is 10.1. The third-order valence-corrected chi connectivity index (χ3v) is 3.59. The molecule has 1 aromatic rings. The molecule has 1 heterocycles. The van der Waals surface area contributed by atoms with Gasteiger partial charge in [0.1, 0.15) is 6.61 Å². The molecule has 2 fully saturated rings. The topological polar surface area (TPSA) is 50.4 Å². The second-order valence-electron chi connectivity index (χ2n) is 4.72. The number of alkyl carbamates (subject to hydrolysis) is 1. The normalized spacial score (nSPS) is 27.9. The fourth-order valence-corrected chi connectivity index (χ4v) is 2.53. The number of nitrogens with one attached hydrogen (secondary N) is 2. The van der Waals surface area contributed by atoms with Crippen LogP contribution in [-0.2, 0) is 11.3 Å². The highest BCUT2D eigenvalue weighted by Gasteiger charge is 2.53. The van der Waals surface area contributed by atoms with E-state index in [0.29, 0.717) is 24.5 Å². The molecule has 1 saturated carbocycles. The predicted molar refractivity (Wildman–Crippen MR) is 70.6 cm³/mol. The Morgan fingerprint density at radius 2 is 1.94 bits per heavy atom. The van der Waals surface area contributed by atoms with Crippen LogP contribution >= 0.6 is 12.4 Å². The molecule has 2 N–H and O–H groups in total. The molecule has 1 aliphatic carbocycles. The molecule has 0 spiro atoms. The fraction of sp³-hybridized carbons (Fsp3) is 0.462. The highest BCUT2D eigenvalue weighted by Crippen LogP contribution is 2.41. The van der Waals surface area contributed by atoms with E-state index < -0.39 is 0 Å². The number of piperidine rings is 1. The standard InChI is InChI=1S/C13H16N2O2.ClH/c16-13(15-12-10-6-14-7-11(10)12)17-8-9-4-2-1-3-5-9;/h1-5,10-12,14H,6-8H2,(H,15,16);1H/t10-,11-;/m0./s1. The van der Waals surface area contributed by atoms with Gasteiger partial charge in [-0.3, -0.25) is 0 Å². The van der Waals surface area contributed by atoms with Crippen molar-refractivity contribution in [1.82, 2.24) is 10.6 Å². The van der Waals surface area contributed by atoms with E-state index in [1.165, 1.54) is 0 Å². The van der Waals surface area contributed by atoms with E-state index in [1.54, 1.807) is 0 Å². The summed E-state index contributed by atoms with van der Waals surface area (Å²) in [7, 11) is 0. The van der Waals surface area contributed by atoms with E-state index in [9.17, 15) is 4.79 Å². The van der Waals surface area contributed by atoms with Gasteiger partial charge in [0.15, 0.2) is 0 Å². The number of benzene rings is 1. The molecule has 3 rings (SSSR count). The molecule has 2 aliphatic rings. The second kappa shape index (κ2) is 5.59. The Labute approximate surface area is 113 Å². The molecule has 1 aromatic carbocycles. The Morgan fingerprint density at radius 3 is 2.61 bits per heavy atom. The van der Waals surface area contributed by atoms with E-state index in [4.69, 9.17) is 4.74 Å². The molecule has 18 heavy (non-hydrogen) atoms. The minimum atomic E-state index is -0.298. The van der Waals surface area contributed by atoms with E-state index in [0.717, 1.165) is 18.7 Å². The first kappa shape index (κ1) is 13.2. The first-order valence-corrected chi connectivity index (χ1v) is 6.02. The van der Waals surface area contributed by atoms with E-state index >= 15 is 0 Å². The molecule has 4 nitrogen and oxygen atoms in total. The van der Waals surface area contributed by atoms with Crippen molar-refractivity contribution >= 4 is 18.5 Å². The zero-order chi connectivity index (χ0) is 11.7. The fourth-order valence-electron chi connectivity index (χ4n) is 2.53. The summed E-state index contributed by atoms with van der Waals surface area (Å²) < 4.78 is 5.17. The lowest BCUT2D eigenvalue weighted by Gasteiger charge is -2.08. The first-order valence-electron chi connectivity index (χ1n) is 6.02. The van der Waals surface area contributed by atoms with Crippen molar-refractivity contribution in [3.8, 4) is 0 Å². The highest BCUT2D eigenvalue weighted by molar-refractivity contribution is 5.85. The number of amides is 1. The van der Waals surface area contributed by atoms with Crippen molar-refractivity contribution in [3.63, 3.8) is 0 Å². The number of rotatable bonds is 3. The SMILES string of the molecule is Cl.O=C(NC1[C@H]2CNC[C@H]12)OCc1ccccc1. The van der Waals surface area contributed by atoms with Gasteiger partial charge in [0.2, 0.25) is 0 Å². The van der Waals surface area contributed by atoms with Crippen molar-refractivity contribution in [2.24, 2.45) is 11.8 Å². The monoisotopic (exact) mass is 268 g/mol. The minimum absolute atomic E-state index is 0. The summed E-state index contributed by atoms with van der Waals surface area (Å²) in [6.45, 7) is 2.38. The van der Waals surface area contributed by atoms with Crippen LogP contribution in [0.1, 0.15) is 5.56 Å². The lowest BCUT2D eigenvalue weighted by molar-refractivity contribution is 0.138. The molecule has 1 amide bonds. The molecule has 1 aliphatic heterocycles. The molecule has 0 unspecified atom stereocenters. The molecule has 1 saturated heterocycles. The molecule has 2 atom stereocenters. The number of halogens is 1. The van der Waals surface area contributed by atoms with Crippen molar-refractivity contribution in [2.75, 3.05) is 13.1 Å². The van der Waals surface area contributed by atoms with Gasteiger partial charge in [-0.1, -0.05) is 30.3 Å². The average Bonchev–Trinajstić information content (AvgIpc) is 2.79. The van der Waals surface area contributed by atoms with Gasteiger partial charge in [0.25, 0.3) is 0 Å². The zero-order valence-electron chi connectivity index (χ0n) is 9.96. The minimum Gasteiger partial charge on any atom is -0.445 e. The van der Waals surface area contributed by atoms with Crippen molar-refractivity contribution in [1.29, 1.82) is 0 Å². The zero-order valence-corrected chi connectivity index (χ0v) is 10.8. The maximum atomic E-state index is 11.5. The van der Waals surface area contributed by atoms with Crippen LogP contribution in [0.2, 0.25) is 0 Å². The first-order chi connectivity index (χ1) is 8.34. The number of hydrogen-bond acceptors (Lipinski definition) is 3. The third-order valence-electron chi connectivity index (χ3n) is 3.59. The van der Waals surface area contributed by atoms with Crippen LogP contribution in [0, 0.1) is 11.8 Å². The van der Waals surface area contributed by atoms with Crippen LogP contribution in [0.15, 0.2) is 30.3 Å². The molecule has 0 aromatic heterocycles. The summed E-state index contributed by atoms with van der Waals surface area (Å²) in [4.78, 5) is 11.5. The van der Waals surface area contributed by atoms with Gasteiger partial charge in [0, 0.05) is 19.1 Å². The predicted octanol–water partition coefficient (Wildman–Crippen LogP) is 1.55. The van der Waals surface area contributed by atoms with Gasteiger partial charge < -0.3 is 15.4 Å². The summed E-state index contributed by atoms with van der Waals surface area (Å²) in [6.07, 6.45) is -0.298. The Balaban J connectivity index is 0.00000120. The van der Waals surface area contributed by atoms with Crippen LogP contribution in [-0.4, -0.2) is 25.2 Å². The lowest BCUT2D eigenvalue weighted by Crippen LogP contribution is -2.32. The third kappa shape index (κ3) is 2.76. The van der Waals surface area contributed by atoms with E-state index in [-0.39, 0.29) is 18.5 Å². The van der Waals surface area contributed by atoms with Gasteiger partial charge >= 0.3 is 6.09 Å². The smallest absolute Gasteiger partial charge is 0.407 e. The van der Waals surface area contributed by atoms with Gasteiger partial charge in [-0.05, 0) is 17.4 Å². The Kier molecular flexibility index (Phi) is 4.09. The van der Waals surface area contributed by atoms with Crippen LogP contribution in [0.4, 0.5) is 4.79 Å². The summed E-state index contributed by atoms with van der Waals surface area (Å²) in [5.41, 5.74) is 1.01. The quantitative estimate of drug-likeness (QED) is 0.875. The molecule has 98 valence electrons. The maximum Gasteiger partial charge on any atom is 0.407 e. The Hall–Kier alpha value is -1.26. The molecule has 0 bridgehead atoms. The Bertz CT molecular complexity index is 403. The van der Waals surface area contributed by atoms with Gasteiger partial charge in [-0.2, -0.15) is 0 Å². The van der Waals surface area contributed by atoms with Crippen molar-refractivity contribution in [2.45, 2.75) is 12.6 Å². The maximum absolute atomic E-state index is 11.5. The van der Waals surface area contributed by atoms with E-state index in [1.807, 2.05) is 30.3 Å². The highest BCUT2D eigenvalue weighted by atomic mass is 35.5. The summed E-state index contributed by atoms with van der Waals surface area (Å²) in [5.74, 6) is 1.25. The van der Waals surface area contributed by atoms with Gasteiger partial charge in [-0.25, -0.2) is 4.79 Å². The summed E-state index contributed by atoms with van der Waals surface area (Å²) in [5, 5.41) is 6.22. The molecular formula is C13H17ClN2O2. The van der Waals surface area contributed by atoms with Crippen molar-refractivity contribution < 1.29 is 9.53 Å². The second-order valence-corrected chi connectivity index (χ2v) is 4.72. The number of carbonyl (C=O) groups excluding carboxylic acids is 1. The average molecular weight is 269 g/mol. The van der Waals surface area contributed by atoms with Crippen LogP contribution in [0.25, 0.3) is 0 Å². The molecule has 0 radical (unpaired) electrons. The molecular weight excluding hydrogens is 252 g/mol. The van der Waals surface area contributed by atoms with Gasteiger partial charge in [-0.15, -0.1) is 12.4 Å². The lowest BCUT2D eigenvalue weighted by atomic mass is 10.2. The molecule has 5 heteroatoms.